The van der Waals surface area contributed by atoms with Crippen LogP contribution >= 0.6 is 0 Å². The molecule has 3 heterocycles. The standard InChI is InChI=1S/C70H74N6O17/c1-79-53-36-34-51(35-37-53)43-84-58-54(44-82-38-46-22-10-4-11-23-46)89-69(57(74-76-72)60(58)85-40-48-26-14-6-15-27-48)92-63-62(87-42-50-30-18-8-19-31-50)65(90-66(77)52-32-20-9-21-33-52)70(93-64(63)67(78)80-2)91-59-55(45-83-39-47-24-12-5-13-25-47)88-68(81-3)56(73-75-71)61(59)86-41-49-28-16-7-17-29-49/h4-37,54-65,68-70H,38-45H2,1-3H3/t54?,55?,56?,57?,58-,59+,60-,61-,62+,63-,64?,65?,68-,69+,70+/m0/s1. The molecule has 3 aliphatic rings. The van der Waals surface area contributed by atoms with Crippen molar-refractivity contribution in [1.82, 2.24) is 0 Å². The molecule has 3 aliphatic heterocycles. The number of carbonyl (C=O) groups is 2. The van der Waals surface area contributed by atoms with E-state index in [-0.39, 0.29) is 58.4 Å². The molecule has 0 aliphatic carbocycles. The van der Waals surface area contributed by atoms with Crippen molar-refractivity contribution in [1.29, 1.82) is 0 Å². The maximum atomic E-state index is 14.9. The summed E-state index contributed by atoms with van der Waals surface area (Å²) in [6.07, 6.45) is -18.3. The molecule has 3 saturated heterocycles. The van der Waals surface area contributed by atoms with Crippen LogP contribution in [-0.2, 0) is 111 Å². The number of benzene rings is 7. The van der Waals surface area contributed by atoms with Gasteiger partial charge in [-0.05, 0) is 68.7 Å². The fourth-order valence-electron chi connectivity index (χ4n) is 11.2. The molecule has 0 N–H and O–H groups in total. The van der Waals surface area contributed by atoms with Crippen LogP contribution in [0.4, 0.5) is 0 Å². The van der Waals surface area contributed by atoms with Gasteiger partial charge < -0.3 is 71.1 Å². The summed E-state index contributed by atoms with van der Waals surface area (Å²) >= 11 is 0. The molecule has 0 aromatic heterocycles. The Morgan fingerprint density at radius 1 is 0.419 bits per heavy atom. The highest BCUT2D eigenvalue weighted by molar-refractivity contribution is 5.89. The monoisotopic (exact) mass is 1270 g/mol. The Labute approximate surface area is 538 Å². The molecule has 486 valence electrons. The number of nitrogens with zero attached hydrogens (tertiary/aromatic N) is 6. The van der Waals surface area contributed by atoms with Crippen LogP contribution in [0.15, 0.2) is 216 Å². The van der Waals surface area contributed by atoms with Gasteiger partial charge in [0.1, 0.15) is 66.7 Å². The predicted molar refractivity (Wildman–Crippen MR) is 335 cm³/mol. The summed E-state index contributed by atoms with van der Waals surface area (Å²) in [4.78, 5) is 36.3. The Hall–Kier alpha value is -8.58. The maximum Gasteiger partial charge on any atom is 0.338 e. The largest absolute Gasteiger partial charge is 0.497 e. The Morgan fingerprint density at radius 2 is 0.817 bits per heavy atom. The summed E-state index contributed by atoms with van der Waals surface area (Å²) in [5, 5.41) is 8.48. The molecule has 3 fully saturated rings. The molecule has 6 unspecified atom stereocenters. The van der Waals surface area contributed by atoms with E-state index >= 15 is 0 Å². The first-order valence-electron chi connectivity index (χ1n) is 30.4. The first-order chi connectivity index (χ1) is 45.7. The highest BCUT2D eigenvalue weighted by atomic mass is 16.8. The van der Waals surface area contributed by atoms with E-state index in [0.29, 0.717) is 11.3 Å². The Balaban J connectivity index is 1.08. The topological polar surface area (TPSA) is 270 Å². The summed E-state index contributed by atoms with van der Waals surface area (Å²) in [5.41, 5.74) is 25.6. The zero-order chi connectivity index (χ0) is 64.6. The fourth-order valence-corrected chi connectivity index (χ4v) is 11.2. The van der Waals surface area contributed by atoms with Crippen LogP contribution in [0.1, 0.15) is 43.7 Å². The average molecular weight is 1270 g/mol. The SMILES string of the molecule is COC(=O)C1O[C@@H](O[C@@H]2C(COCc3ccccc3)O[C@H](OC)C(N=[N+]=[N-])[C@@H]2OCc2ccccc2)C(OC(=O)c2ccccc2)[C@H](OCc2ccccc2)[C@@H]1O[C@H]1OC(COCc2ccccc2)[C@H](OCc2ccc(OC)cc2)[C@@H](OCc2ccccc2)C1N=[N+]=[N-]. The highest BCUT2D eigenvalue weighted by Crippen LogP contribution is 2.40. The van der Waals surface area contributed by atoms with E-state index in [9.17, 15) is 20.7 Å². The zero-order valence-corrected chi connectivity index (χ0v) is 51.6. The average Bonchev–Trinajstić information content (AvgIpc) is 0.799. The quantitative estimate of drug-likeness (QED) is 0.0169. The molecule has 15 atom stereocenters. The van der Waals surface area contributed by atoms with E-state index in [4.69, 9.17) is 71.1 Å². The van der Waals surface area contributed by atoms with Gasteiger partial charge in [0, 0.05) is 16.9 Å². The smallest absolute Gasteiger partial charge is 0.338 e. The third kappa shape index (κ3) is 18.4. The van der Waals surface area contributed by atoms with E-state index in [1.165, 1.54) is 7.11 Å². The molecule has 0 saturated carbocycles. The predicted octanol–water partition coefficient (Wildman–Crippen LogP) is 11.1. The van der Waals surface area contributed by atoms with E-state index < -0.39 is 104 Å². The molecule has 0 radical (unpaired) electrons. The lowest BCUT2D eigenvalue weighted by molar-refractivity contribution is -0.368. The third-order valence-electron chi connectivity index (χ3n) is 15.8. The minimum absolute atomic E-state index is 0.0111. The molecule has 7 aromatic rings. The lowest BCUT2D eigenvalue weighted by atomic mass is 9.94. The summed E-state index contributed by atoms with van der Waals surface area (Å²) in [6, 6.07) is 59.7. The van der Waals surface area contributed by atoms with Crippen LogP contribution in [0, 0.1) is 0 Å². The van der Waals surface area contributed by atoms with Gasteiger partial charge >= 0.3 is 11.9 Å². The van der Waals surface area contributed by atoms with Gasteiger partial charge in [0.2, 0.25) is 0 Å². The summed E-state index contributed by atoms with van der Waals surface area (Å²) < 4.78 is 98.5. The van der Waals surface area contributed by atoms with Gasteiger partial charge in [0.25, 0.3) is 0 Å². The Kier molecular flexibility index (Phi) is 25.3. The van der Waals surface area contributed by atoms with Gasteiger partial charge in [-0.25, -0.2) is 9.59 Å². The second kappa shape index (κ2) is 34.9. The summed E-state index contributed by atoms with van der Waals surface area (Å²) in [6.45, 7) is -0.111. The number of hydrogen-bond donors (Lipinski definition) is 0. The summed E-state index contributed by atoms with van der Waals surface area (Å²) in [7, 11) is 4.14. The molecule has 10 rings (SSSR count). The van der Waals surface area contributed by atoms with Crippen LogP contribution in [0.3, 0.4) is 0 Å². The Morgan fingerprint density at radius 3 is 1.28 bits per heavy atom. The molecular weight excluding hydrogens is 1200 g/mol. The van der Waals surface area contributed by atoms with Crippen molar-refractivity contribution in [3.63, 3.8) is 0 Å². The first-order valence-corrected chi connectivity index (χ1v) is 30.4. The normalized spacial score (nSPS) is 25.9. The zero-order valence-electron chi connectivity index (χ0n) is 51.6. The van der Waals surface area contributed by atoms with Gasteiger partial charge in [0.05, 0.1) is 72.6 Å². The lowest BCUT2D eigenvalue weighted by Crippen LogP contribution is -2.68. The lowest BCUT2D eigenvalue weighted by Gasteiger charge is -2.50. The van der Waals surface area contributed by atoms with Crippen LogP contribution in [0.2, 0.25) is 0 Å². The summed E-state index contributed by atoms with van der Waals surface area (Å²) in [5.74, 6) is -1.20. The van der Waals surface area contributed by atoms with Crippen molar-refractivity contribution in [2.45, 2.75) is 132 Å². The number of hydrogen-bond acceptors (Lipinski definition) is 19. The molecule has 7 aromatic carbocycles. The maximum absolute atomic E-state index is 14.9. The minimum Gasteiger partial charge on any atom is -0.497 e. The van der Waals surface area contributed by atoms with Crippen molar-refractivity contribution in [2.24, 2.45) is 10.2 Å². The Bertz CT molecular complexity index is 3470. The van der Waals surface area contributed by atoms with Crippen molar-refractivity contribution < 1.29 is 80.6 Å². The number of carbonyl (C=O) groups excluding carboxylic acids is 2. The van der Waals surface area contributed by atoms with Gasteiger partial charge in [-0.1, -0.05) is 192 Å². The third-order valence-corrected chi connectivity index (χ3v) is 15.8. The van der Waals surface area contributed by atoms with Crippen molar-refractivity contribution in [2.75, 3.05) is 34.5 Å². The highest BCUT2D eigenvalue weighted by Gasteiger charge is 2.59. The molecule has 0 amide bonds. The van der Waals surface area contributed by atoms with Gasteiger partial charge in [0.15, 0.2) is 31.1 Å². The van der Waals surface area contributed by atoms with E-state index in [2.05, 4.69) is 20.1 Å². The molecule has 0 bridgehead atoms. The van der Waals surface area contributed by atoms with Gasteiger partial charge in [-0.3, -0.25) is 0 Å². The van der Waals surface area contributed by atoms with E-state index in [0.717, 1.165) is 34.9 Å². The van der Waals surface area contributed by atoms with Crippen molar-refractivity contribution in [3.05, 3.63) is 266 Å². The van der Waals surface area contributed by atoms with E-state index in [1.54, 1.807) is 37.4 Å². The van der Waals surface area contributed by atoms with Crippen molar-refractivity contribution in [3.8, 4) is 5.75 Å². The van der Waals surface area contributed by atoms with Crippen LogP contribution < -0.4 is 4.74 Å². The first kappa shape index (κ1) is 67.3. The number of methoxy groups -OCH3 is 3. The number of rotatable bonds is 31. The number of esters is 2. The molecular formula is C70H74N6O17. The van der Waals surface area contributed by atoms with Crippen LogP contribution in [0.5, 0.6) is 5.75 Å². The van der Waals surface area contributed by atoms with Crippen LogP contribution in [-0.4, -0.2) is 138 Å². The van der Waals surface area contributed by atoms with E-state index in [1.807, 2.05) is 176 Å². The van der Waals surface area contributed by atoms with Gasteiger partial charge in [-0.15, -0.1) is 0 Å². The van der Waals surface area contributed by atoms with Crippen LogP contribution in [0.25, 0.3) is 20.9 Å². The number of ether oxygens (including phenoxy) is 15. The van der Waals surface area contributed by atoms with Gasteiger partial charge in [-0.2, -0.15) is 0 Å². The number of azide groups is 2. The molecule has 93 heavy (non-hydrogen) atoms. The fraction of sp³-hybridized carbons (Fsp3) is 0.371. The molecule has 23 nitrogen and oxygen atoms in total. The second-order valence-electron chi connectivity index (χ2n) is 22.0. The van der Waals surface area contributed by atoms with Crippen molar-refractivity contribution >= 4 is 11.9 Å². The minimum atomic E-state index is -1.83. The second-order valence-corrected chi connectivity index (χ2v) is 22.0. The molecule has 23 heteroatoms. The molecule has 0 spiro atoms.